The van der Waals surface area contributed by atoms with Gasteiger partial charge in [-0.05, 0) is 38.5 Å². The Labute approximate surface area is 105 Å². The summed E-state index contributed by atoms with van der Waals surface area (Å²) in [6, 6.07) is 6.01. The lowest BCUT2D eigenvalue weighted by molar-refractivity contribution is -0.137. The van der Waals surface area contributed by atoms with Gasteiger partial charge in [-0.15, -0.1) is 0 Å². The van der Waals surface area contributed by atoms with Gasteiger partial charge in [-0.1, -0.05) is 6.07 Å². The fourth-order valence-corrected chi connectivity index (χ4v) is 1.51. The van der Waals surface area contributed by atoms with Crippen molar-refractivity contribution in [3.63, 3.8) is 0 Å². The average molecular weight is 251 g/mol. The normalized spacial score (nSPS) is 11.0. The summed E-state index contributed by atoms with van der Waals surface area (Å²) in [5.74, 6) is -1.21. The minimum atomic E-state index is -0.894. The molecule has 3 N–H and O–H groups in total. The van der Waals surface area contributed by atoms with E-state index in [2.05, 4.69) is 5.32 Å². The molecule has 0 fully saturated rings. The number of hydrogen-bond acceptors (Lipinski definition) is 3. The maximum Gasteiger partial charge on any atom is 0.303 e. The van der Waals surface area contributed by atoms with Crippen molar-refractivity contribution >= 4 is 11.9 Å². The third-order valence-electron chi connectivity index (χ3n) is 2.52. The second-order valence-electron chi connectivity index (χ2n) is 4.78. The molecule has 0 aliphatic rings. The van der Waals surface area contributed by atoms with Gasteiger partial charge in [0, 0.05) is 17.5 Å². The number of carboxylic acids is 1. The van der Waals surface area contributed by atoms with Crippen LogP contribution in [0.25, 0.3) is 0 Å². The number of phenols is 1. The van der Waals surface area contributed by atoms with Crippen molar-refractivity contribution in [1.29, 1.82) is 0 Å². The molecule has 0 heterocycles. The van der Waals surface area contributed by atoms with E-state index in [0.717, 1.165) is 0 Å². The summed E-state index contributed by atoms with van der Waals surface area (Å²) in [6.45, 7) is 3.52. The Morgan fingerprint density at radius 1 is 1.33 bits per heavy atom. The van der Waals surface area contributed by atoms with Crippen LogP contribution in [0.15, 0.2) is 24.3 Å². The molecule has 1 amide bonds. The summed E-state index contributed by atoms with van der Waals surface area (Å²) in [5, 5.41) is 20.6. The van der Waals surface area contributed by atoms with Crippen molar-refractivity contribution in [1.82, 2.24) is 5.32 Å². The molecule has 0 aromatic heterocycles. The number of hydrogen-bond donors (Lipinski definition) is 3. The molecule has 0 atom stereocenters. The van der Waals surface area contributed by atoms with Gasteiger partial charge in [0.05, 0.1) is 0 Å². The van der Waals surface area contributed by atoms with Crippen LogP contribution in [0.3, 0.4) is 0 Å². The zero-order valence-electron chi connectivity index (χ0n) is 10.4. The minimum Gasteiger partial charge on any atom is -0.508 e. The van der Waals surface area contributed by atoms with Crippen molar-refractivity contribution in [2.75, 3.05) is 0 Å². The van der Waals surface area contributed by atoms with Gasteiger partial charge in [-0.3, -0.25) is 9.59 Å². The summed E-state index contributed by atoms with van der Waals surface area (Å²) in [5.41, 5.74) is -0.264. The Bertz CT molecular complexity index is 454. The van der Waals surface area contributed by atoms with Crippen LogP contribution in [0.4, 0.5) is 0 Å². The van der Waals surface area contributed by atoms with E-state index < -0.39 is 11.5 Å². The maximum atomic E-state index is 11.9. The number of aliphatic carboxylic acids is 1. The molecule has 5 nitrogen and oxygen atoms in total. The molecule has 0 bridgehead atoms. The van der Waals surface area contributed by atoms with Crippen LogP contribution in [0.2, 0.25) is 0 Å². The van der Waals surface area contributed by atoms with Crippen LogP contribution in [-0.4, -0.2) is 27.6 Å². The van der Waals surface area contributed by atoms with E-state index in [9.17, 15) is 14.7 Å². The third kappa shape index (κ3) is 4.45. The molecule has 18 heavy (non-hydrogen) atoms. The number of benzene rings is 1. The molecular formula is C13H17NO4. The number of aromatic hydroxyl groups is 1. The van der Waals surface area contributed by atoms with Gasteiger partial charge in [-0.2, -0.15) is 0 Å². The van der Waals surface area contributed by atoms with E-state index in [-0.39, 0.29) is 18.1 Å². The molecule has 98 valence electrons. The molecule has 5 heteroatoms. The highest BCUT2D eigenvalue weighted by Gasteiger charge is 2.22. The highest BCUT2D eigenvalue weighted by atomic mass is 16.4. The first-order chi connectivity index (χ1) is 8.30. The largest absolute Gasteiger partial charge is 0.508 e. The second kappa shape index (κ2) is 5.53. The van der Waals surface area contributed by atoms with Gasteiger partial charge in [0.25, 0.3) is 5.91 Å². The number of rotatable bonds is 5. The Balaban J connectivity index is 2.66. The van der Waals surface area contributed by atoms with Gasteiger partial charge < -0.3 is 15.5 Å². The van der Waals surface area contributed by atoms with Gasteiger partial charge >= 0.3 is 5.97 Å². The van der Waals surface area contributed by atoms with Crippen molar-refractivity contribution in [2.45, 2.75) is 32.2 Å². The fraction of sp³-hybridized carbons (Fsp3) is 0.385. The number of amides is 1. The lowest BCUT2D eigenvalue weighted by Crippen LogP contribution is -2.43. The molecule has 0 radical (unpaired) electrons. The second-order valence-corrected chi connectivity index (χ2v) is 4.78. The van der Waals surface area contributed by atoms with Crippen LogP contribution >= 0.6 is 0 Å². The fourth-order valence-electron chi connectivity index (χ4n) is 1.51. The Kier molecular flexibility index (Phi) is 4.31. The summed E-state index contributed by atoms with van der Waals surface area (Å²) in [4.78, 5) is 22.4. The first-order valence-corrected chi connectivity index (χ1v) is 5.63. The minimum absolute atomic E-state index is 0.00663. The number of carboxylic acid groups (broad SMARTS) is 1. The van der Waals surface area contributed by atoms with Gasteiger partial charge in [0.1, 0.15) is 5.75 Å². The van der Waals surface area contributed by atoms with Crippen molar-refractivity contribution in [2.24, 2.45) is 0 Å². The number of nitrogens with one attached hydrogen (secondary N) is 1. The lowest BCUT2D eigenvalue weighted by Gasteiger charge is -2.25. The number of phenolic OH excluding ortho intramolecular Hbond substituents is 1. The van der Waals surface area contributed by atoms with Crippen molar-refractivity contribution < 1.29 is 19.8 Å². The summed E-state index contributed by atoms with van der Waals surface area (Å²) < 4.78 is 0. The standard InChI is InChI=1S/C13H17NO4/c1-13(2,7-6-11(16)17)14-12(18)9-4-3-5-10(15)8-9/h3-5,8,15H,6-7H2,1-2H3,(H,14,18)(H,16,17). The summed E-state index contributed by atoms with van der Waals surface area (Å²) >= 11 is 0. The molecule has 0 aliphatic heterocycles. The molecular weight excluding hydrogens is 234 g/mol. The van der Waals surface area contributed by atoms with E-state index in [1.165, 1.54) is 12.1 Å². The monoisotopic (exact) mass is 251 g/mol. The van der Waals surface area contributed by atoms with E-state index in [1.807, 2.05) is 0 Å². The molecule has 0 spiro atoms. The molecule has 1 aromatic rings. The van der Waals surface area contributed by atoms with Gasteiger partial charge in [-0.25, -0.2) is 0 Å². The molecule has 0 unspecified atom stereocenters. The SMILES string of the molecule is CC(C)(CCC(=O)O)NC(=O)c1cccc(O)c1. The van der Waals surface area contributed by atoms with E-state index >= 15 is 0 Å². The molecule has 1 rings (SSSR count). The van der Waals surface area contributed by atoms with Crippen LogP contribution < -0.4 is 5.32 Å². The zero-order valence-corrected chi connectivity index (χ0v) is 10.4. The summed E-state index contributed by atoms with van der Waals surface area (Å²) in [6.07, 6.45) is 0.334. The highest BCUT2D eigenvalue weighted by molar-refractivity contribution is 5.95. The molecule has 1 aromatic carbocycles. The van der Waals surface area contributed by atoms with Gasteiger partial charge in [0.15, 0.2) is 0 Å². The Morgan fingerprint density at radius 3 is 2.56 bits per heavy atom. The predicted molar refractivity (Wildman–Crippen MR) is 66.5 cm³/mol. The maximum absolute atomic E-state index is 11.9. The van der Waals surface area contributed by atoms with Crippen molar-refractivity contribution in [3.8, 4) is 5.75 Å². The van der Waals surface area contributed by atoms with E-state index in [0.29, 0.717) is 12.0 Å². The topological polar surface area (TPSA) is 86.6 Å². The van der Waals surface area contributed by atoms with Crippen LogP contribution in [0.5, 0.6) is 5.75 Å². The average Bonchev–Trinajstić information content (AvgIpc) is 2.26. The Hall–Kier alpha value is -2.04. The quantitative estimate of drug-likeness (QED) is 0.744. The highest BCUT2D eigenvalue weighted by Crippen LogP contribution is 2.15. The smallest absolute Gasteiger partial charge is 0.303 e. The molecule has 0 saturated heterocycles. The van der Waals surface area contributed by atoms with E-state index in [4.69, 9.17) is 5.11 Å². The van der Waals surface area contributed by atoms with Crippen molar-refractivity contribution in [3.05, 3.63) is 29.8 Å². The number of carbonyl (C=O) groups is 2. The van der Waals surface area contributed by atoms with Gasteiger partial charge in [0.2, 0.25) is 0 Å². The molecule has 0 aliphatic carbocycles. The predicted octanol–water partition coefficient (Wildman–Crippen LogP) is 1.77. The third-order valence-corrected chi connectivity index (χ3v) is 2.52. The van der Waals surface area contributed by atoms with E-state index in [1.54, 1.807) is 26.0 Å². The zero-order chi connectivity index (χ0) is 13.8. The summed E-state index contributed by atoms with van der Waals surface area (Å²) in [7, 11) is 0. The van der Waals surface area contributed by atoms with Crippen LogP contribution in [0, 0.1) is 0 Å². The first-order valence-electron chi connectivity index (χ1n) is 5.63. The molecule has 0 saturated carbocycles. The van der Waals surface area contributed by atoms with Crippen LogP contribution in [0.1, 0.15) is 37.0 Å². The number of carbonyl (C=O) groups excluding carboxylic acids is 1. The van der Waals surface area contributed by atoms with Crippen LogP contribution in [-0.2, 0) is 4.79 Å². The first kappa shape index (κ1) is 14.0. The Morgan fingerprint density at radius 2 is 2.00 bits per heavy atom. The lowest BCUT2D eigenvalue weighted by atomic mass is 9.97.